The number of aliphatic carboxylic acids is 1. The molecule has 1 fully saturated rings. The predicted octanol–water partition coefficient (Wildman–Crippen LogP) is 2.58. The van der Waals surface area contributed by atoms with Crippen LogP contribution >= 0.6 is 0 Å². The van der Waals surface area contributed by atoms with E-state index < -0.39 is 12.1 Å². The molecule has 7 heteroatoms. The molecule has 1 heterocycles. The fraction of sp³-hybridized carbons (Fsp3) is 0.579. The zero-order valence-electron chi connectivity index (χ0n) is 15.6. The quantitative estimate of drug-likeness (QED) is 0.762. The summed E-state index contributed by atoms with van der Waals surface area (Å²) in [5.74, 6) is -0.169. The van der Waals surface area contributed by atoms with Crippen LogP contribution in [0.15, 0.2) is 18.2 Å². The number of rotatable bonds is 8. The van der Waals surface area contributed by atoms with Gasteiger partial charge in [-0.2, -0.15) is 0 Å². The van der Waals surface area contributed by atoms with Gasteiger partial charge in [-0.25, -0.2) is 4.79 Å². The van der Waals surface area contributed by atoms with Gasteiger partial charge in [0.2, 0.25) is 0 Å². The largest absolute Gasteiger partial charge is 0.490 e. The van der Waals surface area contributed by atoms with Crippen LogP contribution in [0, 0.1) is 0 Å². The summed E-state index contributed by atoms with van der Waals surface area (Å²) in [6.07, 6.45) is 0.366. The Kier molecular flexibility index (Phi) is 7.26. The van der Waals surface area contributed by atoms with E-state index in [2.05, 4.69) is 0 Å². The average Bonchev–Trinajstić information content (AvgIpc) is 2.63. The summed E-state index contributed by atoms with van der Waals surface area (Å²) in [6.45, 7) is 7.24. The lowest BCUT2D eigenvalue weighted by molar-refractivity contribution is -0.160. The second-order valence-corrected chi connectivity index (χ2v) is 6.34. The molecule has 1 aromatic carbocycles. The van der Waals surface area contributed by atoms with Crippen molar-refractivity contribution < 1.29 is 28.9 Å². The zero-order valence-corrected chi connectivity index (χ0v) is 15.6. The third-order valence-electron chi connectivity index (χ3n) is 3.94. The van der Waals surface area contributed by atoms with Crippen molar-refractivity contribution in [1.82, 2.24) is 4.90 Å². The number of benzene rings is 1. The minimum Gasteiger partial charge on any atom is -0.490 e. The molecule has 1 aliphatic heterocycles. The molecule has 1 N–H and O–H groups in total. The number of amides is 1. The Morgan fingerprint density at radius 3 is 2.42 bits per heavy atom. The Morgan fingerprint density at radius 2 is 1.81 bits per heavy atom. The maximum Gasteiger partial charge on any atom is 0.334 e. The number of carbonyl (C=O) groups excluding carboxylic acids is 1. The van der Waals surface area contributed by atoms with Crippen molar-refractivity contribution in [2.24, 2.45) is 0 Å². The normalized spacial score (nSPS) is 19.9. The van der Waals surface area contributed by atoms with Crippen LogP contribution in [0.3, 0.4) is 0 Å². The number of ether oxygens (including phenoxy) is 3. The topological polar surface area (TPSA) is 85.3 Å². The highest BCUT2D eigenvalue weighted by atomic mass is 16.5. The number of morpholine rings is 1. The molecule has 0 radical (unpaired) electrons. The van der Waals surface area contributed by atoms with Gasteiger partial charge in [0.25, 0.3) is 5.91 Å². The molecular weight excluding hydrogens is 338 g/mol. The van der Waals surface area contributed by atoms with Crippen LogP contribution in [0.4, 0.5) is 0 Å². The van der Waals surface area contributed by atoms with E-state index in [1.807, 2.05) is 13.8 Å². The molecule has 0 bridgehead atoms. The monoisotopic (exact) mass is 365 g/mol. The number of nitrogens with zero attached hydrogens (tertiary/aromatic N) is 1. The minimum absolute atomic E-state index is 0.0255. The SMILES string of the molecule is CCCOc1ccc(C(=O)N2CC(C(=O)O)O[C@H](C)C2)cc1OCCC. The molecule has 0 saturated carbocycles. The van der Waals surface area contributed by atoms with Gasteiger partial charge in [0.15, 0.2) is 17.6 Å². The molecule has 1 unspecified atom stereocenters. The van der Waals surface area contributed by atoms with Crippen LogP contribution in [-0.2, 0) is 9.53 Å². The highest BCUT2D eigenvalue weighted by molar-refractivity contribution is 5.95. The number of hydrogen-bond acceptors (Lipinski definition) is 5. The minimum atomic E-state index is -1.07. The molecule has 0 aliphatic carbocycles. The Bertz CT molecular complexity index is 632. The van der Waals surface area contributed by atoms with Gasteiger partial charge in [0.1, 0.15) is 0 Å². The maximum absolute atomic E-state index is 12.8. The van der Waals surface area contributed by atoms with Crippen LogP contribution in [0.5, 0.6) is 11.5 Å². The second-order valence-electron chi connectivity index (χ2n) is 6.34. The zero-order chi connectivity index (χ0) is 19.1. The van der Waals surface area contributed by atoms with Gasteiger partial charge >= 0.3 is 5.97 Å². The van der Waals surface area contributed by atoms with Crippen molar-refractivity contribution in [3.63, 3.8) is 0 Å². The van der Waals surface area contributed by atoms with E-state index in [0.29, 0.717) is 36.8 Å². The molecule has 26 heavy (non-hydrogen) atoms. The maximum atomic E-state index is 12.8. The van der Waals surface area contributed by atoms with Crippen molar-refractivity contribution in [3.05, 3.63) is 23.8 Å². The summed E-state index contributed by atoms with van der Waals surface area (Å²) in [6, 6.07) is 5.08. The Balaban J connectivity index is 2.20. The standard InChI is InChI=1S/C19H27NO6/c1-4-8-24-15-7-6-14(10-16(15)25-9-5-2)18(21)20-11-13(3)26-17(12-20)19(22)23/h6-7,10,13,17H,4-5,8-9,11-12H2,1-3H3,(H,22,23)/t13-,17?/m1/s1. The van der Waals surface area contributed by atoms with E-state index in [1.165, 1.54) is 4.90 Å². The first-order chi connectivity index (χ1) is 12.5. The van der Waals surface area contributed by atoms with Crippen LogP contribution < -0.4 is 9.47 Å². The molecule has 7 nitrogen and oxygen atoms in total. The lowest BCUT2D eigenvalue weighted by Gasteiger charge is -2.35. The summed E-state index contributed by atoms with van der Waals surface area (Å²) in [5.41, 5.74) is 0.443. The summed E-state index contributed by atoms with van der Waals surface area (Å²) >= 11 is 0. The third kappa shape index (κ3) is 5.11. The van der Waals surface area contributed by atoms with E-state index in [1.54, 1.807) is 25.1 Å². The smallest absolute Gasteiger partial charge is 0.334 e. The number of carboxylic acids is 1. The van der Waals surface area contributed by atoms with Crippen molar-refractivity contribution in [2.75, 3.05) is 26.3 Å². The van der Waals surface area contributed by atoms with Crippen molar-refractivity contribution in [1.29, 1.82) is 0 Å². The molecule has 1 aromatic rings. The van der Waals surface area contributed by atoms with E-state index in [4.69, 9.17) is 14.2 Å². The van der Waals surface area contributed by atoms with Crippen LogP contribution in [0.25, 0.3) is 0 Å². The number of hydrogen-bond donors (Lipinski definition) is 1. The molecule has 1 saturated heterocycles. The lowest BCUT2D eigenvalue weighted by atomic mass is 10.1. The van der Waals surface area contributed by atoms with E-state index >= 15 is 0 Å². The van der Waals surface area contributed by atoms with Gasteiger partial charge in [0, 0.05) is 12.1 Å². The van der Waals surface area contributed by atoms with E-state index in [0.717, 1.165) is 12.8 Å². The molecule has 0 aromatic heterocycles. The second kappa shape index (κ2) is 9.43. The van der Waals surface area contributed by atoms with Gasteiger partial charge < -0.3 is 24.2 Å². The van der Waals surface area contributed by atoms with E-state index in [9.17, 15) is 14.7 Å². The molecule has 144 valence electrons. The molecule has 1 amide bonds. The van der Waals surface area contributed by atoms with Gasteiger partial charge in [0.05, 0.1) is 25.9 Å². The third-order valence-corrected chi connectivity index (χ3v) is 3.94. The summed E-state index contributed by atoms with van der Waals surface area (Å²) in [4.78, 5) is 25.6. The summed E-state index contributed by atoms with van der Waals surface area (Å²) in [7, 11) is 0. The van der Waals surface area contributed by atoms with E-state index in [-0.39, 0.29) is 18.6 Å². The van der Waals surface area contributed by atoms with Gasteiger partial charge in [-0.1, -0.05) is 13.8 Å². The fourth-order valence-corrected chi connectivity index (χ4v) is 2.73. The molecular formula is C19H27NO6. The lowest BCUT2D eigenvalue weighted by Crippen LogP contribution is -2.51. The first kappa shape index (κ1) is 20.0. The van der Waals surface area contributed by atoms with Crippen LogP contribution in [-0.4, -0.2) is 60.4 Å². The van der Waals surface area contributed by atoms with Crippen LogP contribution in [0.2, 0.25) is 0 Å². The molecule has 2 rings (SSSR count). The van der Waals surface area contributed by atoms with Gasteiger partial charge in [-0.05, 0) is 38.0 Å². The average molecular weight is 365 g/mol. The molecule has 0 spiro atoms. The molecule has 1 aliphatic rings. The highest BCUT2D eigenvalue weighted by Gasteiger charge is 2.33. The Hall–Kier alpha value is -2.28. The Labute approximate surface area is 153 Å². The van der Waals surface area contributed by atoms with Crippen molar-refractivity contribution in [3.8, 4) is 11.5 Å². The van der Waals surface area contributed by atoms with Gasteiger partial charge in [-0.3, -0.25) is 4.79 Å². The number of carbonyl (C=O) groups is 2. The Morgan fingerprint density at radius 1 is 1.15 bits per heavy atom. The van der Waals surface area contributed by atoms with Crippen LogP contribution in [0.1, 0.15) is 44.0 Å². The van der Waals surface area contributed by atoms with Gasteiger partial charge in [-0.15, -0.1) is 0 Å². The number of carboxylic acid groups (broad SMARTS) is 1. The summed E-state index contributed by atoms with van der Waals surface area (Å²) in [5, 5.41) is 9.19. The van der Waals surface area contributed by atoms with Crippen molar-refractivity contribution in [2.45, 2.75) is 45.8 Å². The first-order valence-electron chi connectivity index (χ1n) is 9.03. The predicted molar refractivity (Wildman–Crippen MR) is 95.9 cm³/mol. The highest BCUT2D eigenvalue weighted by Crippen LogP contribution is 2.30. The fourth-order valence-electron chi connectivity index (χ4n) is 2.73. The first-order valence-corrected chi connectivity index (χ1v) is 9.03. The van der Waals surface area contributed by atoms with Crippen molar-refractivity contribution >= 4 is 11.9 Å². The molecule has 2 atom stereocenters. The summed E-state index contributed by atoms with van der Waals surface area (Å²) < 4.78 is 16.8.